The van der Waals surface area contributed by atoms with Crippen molar-refractivity contribution < 1.29 is 14.7 Å². The zero-order valence-corrected chi connectivity index (χ0v) is 15.7. The molecule has 3 rings (SSSR count). The molecular formula is C22H18N2O3S. The second-order valence-electron chi connectivity index (χ2n) is 6.12. The van der Waals surface area contributed by atoms with Crippen molar-refractivity contribution in [3.63, 3.8) is 0 Å². The van der Waals surface area contributed by atoms with Gasteiger partial charge in [-0.3, -0.25) is 14.9 Å². The van der Waals surface area contributed by atoms with Crippen molar-refractivity contribution in [1.29, 1.82) is 0 Å². The number of aliphatic carboxylic acids is 1. The van der Waals surface area contributed by atoms with Crippen LogP contribution in [-0.2, 0) is 11.2 Å². The summed E-state index contributed by atoms with van der Waals surface area (Å²) in [6.07, 6.45) is -0.0412. The molecule has 1 amide bonds. The van der Waals surface area contributed by atoms with Crippen LogP contribution < -0.4 is 10.6 Å². The summed E-state index contributed by atoms with van der Waals surface area (Å²) in [6.45, 7) is 0. The van der Waals surface area contributed by atoms with Crippen molar-refractivity contribution in [2.75, 3.05) is 5.32 Å². The number of thiocarbonyl (C=S) groups is 1. The molecule has 0 aliphatic rings. The Morgan fingerprint density at radius 3 is 2.04 bits per heavy atom. The van der Waals surface area contributed by atoms with Crippen LogP contribution in [0, 0.1) is 0 Å². The van der Waals surface area contributed by atoms with Gasteiger partial charge in [-0.2, -0.15) is 0 Å². The summed E-state index contributed by atoms with van der Waals surface area (Å²) in [7, 11) is 0. The number of carboxylic acid groups (broad SMARTS) is 1. The number of carbonyl (C=O) groups is 2. The molecule has 3 aromatic carbocycles. The summed E-state index contributed by atoms with van der Waals surface area (Å²) in [4.78, 5) is 23.1. The van der Waals surface area contributed by atoms with E-state index in [1.807, 2.05) is 42.5 Å². The van der Waals surface area contributed by atoms with E-state index in [4.69, 9.17) is 17.3 Å². The first kappa shape index (κ1) is 19.3. The lowest BCUT2D eigenvalue weighted by molar-refractivity contribution is -0.136. The third kappa shape index (κ3) is 5.25. The van der Waals surface area contributed by atoms with Crippen LogP contribution in [-0.4, -0.2) is 22.1 Å². The van der Waals surface area contributed by atoms with Crippen LogP contribution in [0.2, 0.25) is 0 Å². The Kier molecular flexibility index (Phi) is 6.14. The fraction of sp³-hybridized carbons (Fsp3) is 0.0455. The maximum atomic E-state index is 12.4. The maximum Gasteiger partial charge on any atom is 0.307 e. The first-order valence-electron chi connectivity index (χ1n) is 8.60. The van der Waals surface area contributed by atoms with Crippen LogP contribution >= 0.6 is 12.2 Å². The molecule has 5 nitrogen and oxygen atoms in total. The molecule has 6 heteroatoms. The first-order chi connectivity index (χ1) is 13.5. The zero-order valence-electron chi connectivity index (χ0n) is 14.9. The summed E-state index contributed by atoms with van der Waals surface area (Å²) in [5.41, 5.74) is 3.96. The highest BCUT2D eigenvalue weighted by Crippen LogP contribution is 2.19. The Morgan fingerprint density at radius 1 is 0.821 bits per heavy atom. The van der Waals surface area contributed by atoms with Gasteiger partial charge in [0.25, 0.3) is 5.91 Å². The zero-order chi connectivity index (χ0) is 19.9. The van der Waals surface area contributed by atoms with Gasteiger partial charge in [-0.15, -0.1) is 0 Å². The Bertz CT molecular complexity index is 985. The second-order valence-corrected chi connectivity index (χ2v) is 6.53. The molecular weight excluding hydrogens is 372 g/mol. The van der Waals surface area contributed by atoms with Crippen LogP contribution in [0.4, 0.5) is 5.69 Å². The van der Waals surface area contributed by atoms with E-state index in [2.05, 4.69) is 10.6 Å². The van der Waals surface area contributed by atoms with Gasteiger partial charge >= 0.3 is 5.97 Å². The van der Waals surface area contributed by atoms with Crippen molar-refractivity contribution in [2.45, 2.75) is 6.42 Å². The fourth-order valence-corrected chi connectivity index (χ4v) is 2.87. The van der Waals surface area contributed by atoms with Gasteiger partial charge in [0.05, 0.1) is 6.42 Å². The largest absolute Gasteiger partial charge is 0.481 e. The summed E-state index contributed by atoms with van der Waals surface area (Å²) < 4.78 is 0. The number of nitrogens with one attached hydrogen (secondary N) is 2. The molecule has 0 aliphatic heterocycles. The lowest BCUT2D eigenvalue weighted by atomic mass is 10.0. The maximum absolute atomic E-state index is 12.4. The number of carboxylic acids is 1. The lowest BCUT2D eigenvalue weighted by Crippen LogP contribution is -2.34. The van der Waals surface area contributed by atoms with Crippen molar-refractivity contribution in [3.8, 4) is 11.1 Å². The number of anilines is 1. The molecule has 0 atom stereocenters. The minimum absolute atomic E-state index is 0.0412. The quantitative estimate of drug-likeness (QED) is 0.572. The smallest absolute Gasteiger partial charge is 0.307 e. The van der Waals surface area contributed by atoms with Crippen molar-refractivity contribution in [1.82, 2.24) is 5.32 Å². The van der Waals surface area contributed by atoms with Gasteiger partial charge in [-0.05, 0) is 53.2 Å². The van der Waals surface area contributed by atoms with Crippen molar-refractivity contribution in [3.05, 3.63) is 90.0 Å². The molecule has 0 fully saturated rings. The Balaban J connectivity index is 1.58. The van der Waals surface area contributed by atoms with Gasteiger partial charge in [0.1, 0.15) is 0 Å². The molecule has 0 heterocycles. The van der Waals surface area contributed by atoms with Crippen LogP contribution in [0.3, 0.4) is 0 Å². The van der Waals surface area contributed by atoms with E-state index in [9.17, 15) is 9.59 Å². The third-order valence-electron chi connectivity index (χ3n) is 4.05. The van der Waals surface area contributed by atoms with Gasteiger partial charge in [-0.1, -0.05) is 54.6 Å². The number of benzene rings is 3. The Hall–Kier alpha value is -3.51. The highest BCUT2D eigenvalue weighted by molar-refractivity contribution is 7.80. The highest BCUT2D eigenvalue weighted by Gasteiger charge is 2.09. The molecule has 0 spiro atoms. The van der Waals surface area contributed by atoms with E-state index in [1.165, 1.54) is 0 Å². The number of amides is 1. The molecule has 0 radical (unpaired) electrons. The van der Waals surface area contributed by atoms with E-state index in [0.29, 0.717) is 16.8 Å². The summed E-state index contributed by atoms with van der Waals surface area (Å²) in [6, 6.07) is 24.0. The number of carbonyl (C=O) groups excluding carboxylic acids is 1. The molecule has 0 aliphatic carbocycles. The average molecular weight is 390 g/mol. The van der Waals surface area contributed by atoms with Gasteiger partial charge in [0.2, 0.25) is 0 Å². The predicted octanol–water partition coefficient (Wildman–Crippen LogP) is 4.11. The molecule has 0 saturated carbocycles. The number of rotatable bonds is 5. The minimum Gasteiger partial charge on any atom is -0.481 e. The van der Waals surface area contributed by atoms with E-state index in [-0.39, 0.29) is 17.4 Å². The van der Waals surface area contributed by atoms with E-state index >= 15 is 0 Å². The minimum atomic E-state index is -0.887. The van der Waals surface area contributed by atoms with Gasteiger partial charge in [-0.25, -0.2) is 0 Å². The van der Waals surface area contributed by atoms with Gasteiger partial charge < -0.3 is 10.4 Å². The Morgan fingerprint density at radius 2 is 1.43 bits per heavy atom. The molecule has 3 aromatic rings. The second kappa shape index (κ2) is 8.92. The fourth-order valence-electron chi connectivity index (χ4n) is 2.66. The number of hydrogen-bond acceptors (Lipinski definition) is 3. The molecule has 0 bridgehead atoms. The monoisotopic (exact) mass is 390 g/mol. The average Bonchev–Trinajstić information content (AvgIpc) is 2.70. The third-order valence-corrected chi connectivity index (χ3v) is 4.25. The lowest BCUT2D eigenvalue weighted by Gasteiger charge is -2.10. The Labute approximate surface area is 168 Å². The summed E-state index contributed by atoms with van der Waals surface area (Å²) >= 11 is 5.18. The molecule has 3 N–H and O–H groups in total. The van der Waals surface area contributed by atoms with Crippen molar-refractivity contribution in [2.24, 2.45) is 0 Å². The van der Waals surface area contributed by atoms with E-state index in [0.717, 1.165) is 11.1 Å². The highest BCUT2D eigenvalue weighted by atomic mass is 32.1. The molecule has 28 heavy (non-hydrogen) atoms. The summed E-state index contributed by atoms with van der Waals surface area (Å²) in [5, 5.41) is 14.5. The first-order valence-corrected chi connectivity index (χ1v) is 9.00. The van der Waals surface area contributed by atoms with Crippen LogP contribution in [0.1, 0.15) is 15.9 Å². The SMILES string of the molecule is O=C(O)Cc1ccc(NC(=S)NC(=O)c2ccc(-c3ccccc3)cc2)cc1. The molecule has 0 unspecified atom stereocenters. The standard InChI is InChI=1S/C22H18N2O3S/c25-20(26)14-15-6-12-19(13-7-15)23-22(28)24-21(27)18-10-8-17(9-11-18)16-4-2-1-3-5-16/h1-13H,14H2,(H,25,26)(H2,23,24,27,28). The van der Waals surface area contributed by atoms with E-state index < -0.39 is 5.97 Å². The number of hydrogen-bond donors (Lipinski definition) is 3. The van der Waals surface area contributed by atoms with Crippen molar-refractivity contribution >= 4 is 34.9 Å². The topological polar surface area (TPSA) is 78.4 Å². The summed E-state index contributed by atoms with van der Waals surface area (Å²) in [5.74, 6) is -1.19. The van der Waals surface area contributed by atoms with Gasteiger partial charge in [0, 0.05) is 11.3 Å². The van der Waals surface area contributed by atoms with E-state index in [1.54, 1.807) is 36.4 Å². The van der Waals surface area contributed by atoms with Crippen LogP contribution in [0.5, 0.6) is 0 Å². The molecule has 0 saturated heterocycles. The molecule has 0 aromatic heterocycles. The predicted molar refractivity (Wildman–Crippen MR) is 113 cm³/mol. The van der Waals surface area contributed by atoms with Crippen LogP contribution in [0.15, 0.2) is 78.9 Å². The normalized spacial score (nSPS) is 10.1. The molecule has 140 valence electrons. The van der Waals surface area contributed by atoms with Gasteiger partial charge in [0.15, 0.2) is 5.11 Å². The van der Waals surface area contributed by atoms with Crippen LogP contribution in [0.25, 0.3) is 11.1 Å².